The van der Waals surface area contributed by atoms with E-state index in [1.165, 1.54) is 49.6 Å². The van der Waals surface area contributed by atoms with E-state index in [9.17, 15) is 18.0 Å². The van der Waals surface area contributed by atoms with Crippen LogP contribution in [-0.4, -0.2) is 13.7 Å². The minimum Gasteiger partial charge on any atom is -0.497 e. The van der Waals surface area contributed by atoms with Crippen molar-refractivity contribution in [2.45, 2.75) is 20.0 Å². The number of ether oxygens (including phenoxy) is 2. The van der Waals surface area contributed by atoms with Gasteiger partial charge < -0.3 is 13.9 Å². The smallest absolute Gasteiger partial charge is 0.450 e. The molecule has 0 saturated carbocycles. The molecule has 152 valence electrons. The molecule has 1 heterocycles. The molecule has 4 nitrogen and oxygen atoms in total. The third-order valence-electron chi connectivity index (χ3n) is 4.24. The van der Waals surface area contributed by atoms with Gasteiger partial charge in [0.15, 0.2) is 0 Å². The van der Waals surface area contributed by atoms with Gasteiger partial charge in [-0.3, -0.25) is 4.79 Å². The number of benzene rings is 2. The van der Waals surface area contributed by atoms with Crippen LogP contribution in [0.4, 0.5) is 13.2 Å². The standard InChI is InChI=1S/C22H19F3O4/c1-13(2)10-11-28-16-8-9-17-18(12-16)29-21(22(23,24)25)19(20(17)26)14-4-6-15(27-3)7-5-14/h4-10,12H,11H2,1-3H3. The molecule has 0 unspecified atom stereocenters. The predicted molar refractivity (Wildman–Crippen MR) is 104 cm³/mol. The number of rotatable bonds is 5. The molecule has 0 N–H and O–H groups in total. The Balaban J connectivity index is 2.16. The largest absolute Gasteiger partial charge is 0.497 e. The van der Waals surface area contributed by atoms with Gasteiger partial charge >= 0.3 is 6.18 Å². The van der Waals surface area contributed by atoms with Crippen molar-refractivity contribution in [1.82, 2.24) is 0 Å². The molecule has 0 aliphatic rings. The fraction of sp³-hybridized carbons (Fsp3) is 0.227. The molecule has 3 rings (SSSR count). The van der Waals surface area contributed by atoms with E-state index in [1.807, 2.05) is 19.9 Å². The predicted octanol–water partition coefficient (Wildman–Crippen LogP) is 5.83. The lowest BCUT2D eigenvalue weighted by atomic mass is 10.0. The highest BCUT2D eigenvalue weighted by Gasteiger charge is 2.39. The van der Waals surface area contributed by atoms with Crippen LogP contribution in [0.1, 0.15) is 19.6 Å². The van der Waals surface area contributed by atoms with Crippen LogP contribution in [-0.2, 0) is 6.18 Å². The molecule has 0 saturated heterocycles. The van der Waals surface area contributed by atoms with E-state index in [1.54, 1.807) is 0 Å². The summed E-state index contributed by atoms with van der Waals surface area (Å²) in [5, 5.41) is 0.0402. The molecule has 0 fully saturated rings. The van der Waals surface area contributed by atoms with Crippen LogP contribution in [0.5, 0.6) is 11.5 Å². The minimum absolute atomic E-state index is 0.0402. The Morgan fingerprint density at radius 1 is 1.07 bits per heavy atom. The van der Waals surface area contributed by atoms with E-state index in [2.05, 4.69) is 0 Å². The summed E-state index contributed by atoms with van der Waals surface area (Å²) in [7, 11) is 1.44. The molecule has 0 aliphatic carbocycles. The van der Waals surface area contributed by atoms with Gasteiger partial charge in [0.25, 0.3) is 0 Å². The normalized spacial score (nSPS) is 11.4. The molecular weight excluding hydrogens is 385 g/mol. The van der Waals surface area contributed by atoms with Gasteiger partial charge in [-0.05, 0) is 49.8 Å². The van der Waals surface area contributed by atoms with E-state index < -0.39 is 22.9 Å². The Morgan fingerprint density at radius 3 is 2.31 bits per heavy atom. The van der Waals surface area contributed by atoms with Gasteiger partial charge in [-0.15, -0.1) is 0 Å². The Hall–Kier alpha value is -3.22. The van der Waals surface area contributed by atoms with Crippen molar-refractivity contribution in [2.75, 3.05) is 13.7 Å². The molecule has 0 amide bonds. The Kier molecular flexibility index (Phi) is 5.68. The summed E-state index contributed by atoms with van der Waals surface area (Å²) in [4.78, 5) is 12.9. The number of hydrogen-bond acceptors (Lipinski definition) is 4. The Labute approximate surface area is 165 Å². The number of allylic oxidation sites excluding steroid dienone is 1. The zero-order valence-corrected chi connectivity index (χ0v) is 16.1. The van der Waals surface area contributed by atoms with E-state index in [0.29, 0.717) is 11.5 Å². The average Bonchev–Trinajstić information content (AvgIpc) is 2.67. The fourth-order valence-electron chi connectivity index (χ4n) is 2.79. The zero-order chi connectivity index (χ0) is 21.2. The van der Waals surface area contributed by atoms with Gasteiger partial charge in [0, 0.05) is 6.07 Å². The highest BCUT2D eigenvalue weighted by atomic mass is 19.4. The summed E-state index contributed by atoms with van der Waals surface area (Å²) in [6.45, 7) is 4.06. The van der Waals surface area contributed by atoms with E-state index >= 15 is 0 Å². The van der Waals surface area contributed by atoms with Crippen molar-refractivity contribution in [3.63, 3.8) is 0 Å². The first-order chi connectivity index (χ1) is 13.7. The average molecular weight is 404 g/mol. The monoisotopic (exact) mass is 404 g/mol. The summed E-state index contributed by atoms with van der Waals surface area (Å²) in [5.41, 5.74) is -0.349. The summed E-state index contributed by atoms with van der Waals surface area (Å²) in [5.74, 6) is -0.573. The molecule has 3 aromatic rings. The first-order valence-corrected chi connectivity index (χ1v) is 8.79. The van der Waals surface area contributed by atoms with Crippen LogP contribution in [0.15, 0.2) is 63.3 Å². The first kappa shape index (κ1) is 20.5. The van der Waals surface area contributed by atoms with Crippen molar-refractivity contribution >= 4 is 11.0 Å². The molecule has 0 atom stereocenters. The van der Waals surface area contributed by atoms with Crippen LogP contribution >= 0.6 is 0 Å². The van der Waals surface area contributed by atoms with Crippen molar-refractivity contribution in [3.8, 4) is 22.6 Å². The highest BCUT2D eigenvalue weighted by Crippen LogP contribution is 2.38. The highest BCUT2D eigenvalue weighted by molar-refractivity contribution is 5.84. The van der Waals surface area contributed by atoms with E-state index in [-0.39, 0.29) is 23.1 Å². The molecular formula is C22H19F3O4. The second-order valence-electron chi connectivity index (χ2n) is 6.61. The molecule has 0 aliphatic heterocycles. The SMILES string of the molecule is COc1ccc(-c2c(C(F)(F)F)oc3cc(OCC=C(C)C)ccc3c2=O)cc1. The van der Waals surface area contributed by atoms with Crippen LogP contribution in [0.2, 0.25) is 0 Å². The van der Waals surface area contributed by atoms with Crippen molar-refractivity contribution < 1.29 is 27.1 Å². The molecule has 0 spiro atoms. The first-order valence-electron chi connectivity index (χ1n) is 8.79. The van der Waals surface area contributed by atoms with Crippen LogP contribution in [0.25, 0.3) is 22.1 Å². The Bertz CT molecular complexity index is 1110. The molecule has 29 heavy (non-hydrogen) atoms. The fourth-order valence-corrected chi connectivity index (χ4v) is 2.79. The van der Waals surface area contributed by atoms with Gasteiger partial charge in [-0.2, -0.15) is 13.2 Å². The summed E-state index contributed by atoms with van der Waals surface area (Å²) >= 11 is 0. The van der Waals surface area contributed by atoms with E-state index in [0.717, 1.165) is 5.57 Å². The van der Waals surface area contributed by atoms with Crippen LogP contribution in [0, 0.1) is 0 Å². The van der Waals surface area contributed by atoms with Gasteiger partial charge in [-0.25, -0.2) is 0 Å². The lowest BCUT2D eigenvalue weighted by Gasteiger charge is -2.13. The molecule has 1 aromatic heterocycles. The maximum absolute atomic E-state index is 13.7. The van der Waals surface area contributed by atoms with Gasteiger partial charge in [0.05, 0.1) is 18.1 Å². The number of hydrogen-bond donors (Lipinski definition) is 0. The summed E-state index contributed by atoms with van der Waals surface area (Å²) in [6, 6.07) is 9.99. The van der Waals surface area contributed by atoms with Crippen molar-refractivity contribution in [1.29, 1.82) is 0 Å². The molecule has 2 aromatic carbocycles. The molecule has 0 bridgehead atoms. The van der Waals surface area contributed by atoms with E-state index in [4.69, 9.17) is 13.9 Å². The third-order valence-corrected chi connectivity index (χ3v) is 4.24. The van der Waals surface area contributed by atoms with Gasteiger partial charge in [0.1, 0.15) is 23.7 Å². The summed E-state index contributed by atoms with van der Waals surface area (Å²) < 4.78 is 56.7. The lowest BCUT2D eigenvalue weighted by molar-refractivity contribution is -0.152. The second kappa shape index (κ2) is 8.03. The zero-order valence-electron chi connectivity index (χ0n) is 16.1. The maximum Gasteiger partial charge on any atom is 0.450 e. The quantitative estimate of drug-likeness (QED) is 0.502. The Morgan fingerprint density at radius 2 is 1.72 bits per heavy atom. The maximum atomic E-state index is 13.7. The number of fused-ring (bicyclic) bond motifs is 1. The second-order valence-corrected chi connectivity index (χ2v) is 6.61. The van der Waals surface area contributed by atoms with Crippen LogP contribution < -0.4 is 14.9 Å². The van der Waals surface area contributed by atoms with Gasteiger partial charge in [-0.1, -0.05) is 17.7 Å². The summed E-state index contributed by atoms with van der Waals surface area (Å²) in [6.07, 6.45) is -3.02. The number of halogens is 3. The number of methoxy groups -OCH3 is 1. The van der Waals surface area contributed by atoms with Crippen LogP contribution in [0.3, 0.4) is 0 Å². The third kappa shape index (κ3) is 4.45. The van der Waals surface area contributed by atoms with Crippen molar-refractivity contribution in [2.24, 2.45) is 0 Å². The van der Waals surface area contributed by atoms with Gasteiger partial charge in [0.2, 0.25) is 11.2 Å². The lowest BCUT2D eigenvalue weighted by Crippen LogP contribution is -2.16. The molecule has 7 heteroatoms. The minimum atomic E-state index is -4.85. The molecule has 0 radical (unpaired) electrons. The number of alkyl halides is 3. The van der Waals surface area contributed by atoms with Crippen molar-refractivity contribution in [3.05, 3.63) is 70.1 Å². The topological polar surface area (TPSA) is 48.7 Å².